The summed E-state index contributed by atoms with van der Waals surface area (Å²) in [5.74, 6) is 6.43. The lowest BCUT2D eigenvalue weighted by Crippen LogP contribution is -2.44. The van der Waals surface area contributed by atoms with Crippen LogP contribution in [0.25, 0.3) is 16.9 Å². The third kappa shape index (κ3) is 3.44. The van der Waals surface area contributed by atoms with E-state index in [-0.39, 0.29) is 17.5 Å². The second-order valence-electron chi connectivity index (χ2n) is 6.52. The highest BCUT2D eigenvalue weighted by atomic mass is 35.5. The molecule has 0 radical (unpaired) electrons. The van der Waals surface area contributed by atoms with E-state index >= 15 is 0 Å². The fourth-order valence-electron chi connectivity index (χ4n) is 3.43. The number of halogens is 1. The Morgan fingerprint density at radius 2 is 1.93 bits per heavy atom. The average molecular weight is 408 g/mol. The van der Waals surface area contributed by atoms with Gasteiger partial charge in [-0.15, -0.1) is 5.92 Å². The summed E-state index contributed by atoms with van der Waals surface area (Å²) >= 11 is 6.26. The number of fused-ring (bicyclic) bond motifs is 1. The van der Waals surface area contributed by atoms with Gasteiger partial charge in [0.05, 0.1) is 23.9 Å². The predicted octanol–water partition coefficient (Wildman–Crippen LogP) is 1.54. The first kappa shape index (κ1) is 19.0. The molecule has 1 aromatic carbocycles. The van der Waals surface area contributed by atoms with Crippen LogP contribution in [-0.2, 0) is 6.54 Å². The molecular weight excluding hydrogens is 390 g/mol. The van der Waals surface area contributed by atoms with Crippen molar-refractivity contribution in [3.63, 3.8) is 0 Å². The first-order valence-electron chi connectivity index (χ1n) is 9.18. The molecule has 0 aliphatic carbocycles. The zero-order valence-electron chi connectivity index (χ0n) is 15.8. The predicted molar refractivity (Wildman–Crippen MR) is 111 cm³/mol. The van der Waals surface area contributed by atoms with Crippen LogP contribution in [-0.4, -0.2) is 45.3 Å². The molecular formula is C20H18ClN7O. The van der Waals surface area contributed by atoms with Gasteiger partial charge in [0, 0.05) is 26.2 Å². The van der Waals surface area contributed by atoms with E-state index in [0.29, 0.717) is 28.2 Å². The topological polar surface area (TPSA) is 91.8 Å². The van der Waals surface area contributed by atoms with Crippen LogP contribution in [0.3, 0.4) is 0 Å². The monoisotopic (exact) mass is 407 g/mol. The minimum absolute atomic E-state index is 0.0761. The van der Waals surface area contributed by atoms with Crippen molar-refractivity contribution in [2.75, 3.05) is 31.1 Å². The number of anilines is 1. The fraction of sp³-hybridized carbons (Fsp3) is 0.300. The molecule has 29 heavy (non-hydrogen) atoms. The van der Waals surface area contributed by atoms with Gasteiger partial charge in [0.25, 0.3) is 0 Å². The summed E-state index contributed by atoms with van der Waals surface area (Å²) in [7, 11) is 0. The SMILES string of the molecule is CC#CCn1c(=O)n(-c2ccc(C#N)cc2)c2nc(Cl)nc(N3CCNCC3)c21. The van der Waals surface area contributed by atoms with E-state index in [0.717, 1.165) is 26.2 Å². The van der Waals surface area contributed by atoms with Crippen LogP contribution in [0.15, 0.2) is 29.1 Å². The molecule has 1 fully saturated rings. The van der Waals surface area contributed by atoms with Gasteiger partial charge in [-0.1, -0.05) is 5.92 Å². The van der Waals surface area contributed by atoms with E-state index < -0.39 is 0 Å². The number of hydrogen-bond acceptors (Lipinski definition) is 6. The molecule has 8 nitrogen and oxygen atoms in total. The lowest BCUT2D eigenvalue weighted by Gasteiger charge is -2.28. The molecule has 1 N–H and O–H groups in total. The third-order valence-electron chi connectivity index (χ3n) is 4.81. The highest BCUT2D eigenvalue weighted by Crippen LogP contribution is 2.27. The van der Waals surface area contributed by atoms with Crippen LogP contribution >= 0.6 is 11.6 Å². The van der Waals surface area contributed by atoms with Gasteiger partial charge in [-0.2, -0.15) is 15.2 Å². The molecule has 0 saturated carbocycles. The van der Waals surface area contributed by atoms with Gasteiger partial charge in [0.2, 0.25) is 5.28 Å². The molecule has 1 aliphatic heterocycles. The summed E-state index contributed by atoms with van der Waals surface area (Å²) in [4.78, 5) is 24.3. The van der Waals surface area contributed by atoms with Crippen LogP contribution in [0, 0.1) is 23.2 Å². The first-order chi connectivity index (χ1) is 14.1. The number of rotatable bonds is 3. The van der Waals surface area contributed by atoms with Gasteiger partial charge in [0.1, 0.15) is 5.52 Å². The quantitative estimate of drug-likeness (QED) is 0.523. The van der Waals surface area contributed by atoms with Crippen molar-refractivity contribution in [3.8, 4) is 23.6 Å². The van der Waals surface area contributed by atoms with Gasteiger partial charge in [-0.3, -0.25) is 4.57 Å². The summed E-state index contributed by atoms with van der Waals surface area (Å²) in [5.41, 5.74) is 1.86. The van der Waals surface area contributed by atoms with Crippen LogP contribution in [0.1, 0.15) is 12.5 Å². The molecule has 3 heterocycles. The lowest BCUT2D eigenvalue weighted by atomic mass is 10.2. The number of aromatic nitrogens is 4. The molecule has 9 heteroatoms. The molecule has 0 atom stereocenters. The number of nitriles is 1. The van der Waals surface area contributed by atoms with Crippen LogP contribution in [0.4, 0.5) is 5.82 Å². The minimum Gasteiger partial charge on any atom is -0.352 e. The Labute approximate surface area is 172 Å². The molecule has 1 aliphatic rings. The Bertz CT molecular complexity index is 1220. The van der Waals surface area contributed by atoms with Crippen molar-refractivity contribution in [1.82, 2.24) is 24.4 Å². The number of nitrogens with zero attached hydrogens (tertiary/aromatic N) is 6. The van der Waals surface area contributed by atoms with Gasteiger partial charge >= 0.3 is 5.69 Å². The summed E-state index contributed by atoms with van der Waals surface area (Å²) in [6, 6.07) is 8.84. The molecule has 1 saturated heterocycles. The summed E-state index contributed by atoms with van der Waals surface area (Å²) in [5, 5.41) is 12.4. The number of nitrogens with one attached hydrogen (secondary N) is 1. The number of piperazine rings is 1. The maximum Gasteiger partial charge on any atom is 0.335 e. The molecule has 0 spiro atoms. The summed E-state index contributed by atoms with van der Waals surface area (Å²) in [6.45, 7) is 5.09. The van der Waals surface area contributed by atoms with Crippen molar-refractivity contribution in [1.29, 1.82) is 5.26 Å². The Balaban J connectivity index is 2.02. The Kier molecular flexibility index (Phi) is 5.22. The molecule has 3 aromatic rings. The summed E-state index contributed by atoms with van der Waals surface area (Å²) < 4.78 is 3.07. The average Bonchev–Trinajstić information content (AvgIpc) is 3.03. The molecule has 0 bridgehead atoms. The highest BCUT2D eigenvalue weighted by Gasteiger charge is 2.24. The molecule has 4 rings (SSSR count). The van der Waals surface area contributed by atoms with Crippen molar-refractivity contribution in [2.24, 2.45) is 0 Å². The highest BCUT2D eigenvalue weighted by molar-refractivity contribution is 6.28. The van der Waals surface area contributed by atoms with E-state index in [2.05, 4.69) is 38.1 Å². The van der Waals surface area contributed by atoms with E-state index in [1.807, 2.05) is 0 Å². The number of hydrogen-bond donors (Lipinski definition) is 1. The second kappa shape index (κ2) is 7.96. The maximum atomic E-state index is 13.3. The van der Waals surface area contributed by atoms with Crippen molar-refractivity contribution in [3.05, 3.63) is 45.6 Å². The van der Waals surface area contributed by atoms with Crippen molar-refractivity contribution in [2.45, 2.75) is 13.5 Å². The smallest absolute Gasteiger partial charge is 0.335 e. The third-order valence-corrected chi connectivity index (χ3v) is 4.98. The van der Waals surface area contributed by atoms with E-state index in [1.165, 1.54) is 4.57 Å². The molecule has 0 unspecified atom stereocenters. The normalized spacial score (nSPS) is 13.8. The summed E-state index contributed by atoms with van der Waals surface area (Å²) in [6.07, 6.45) is 0. The number of benzene rings is 1. The van der Waals surface area contributed by atoms with E-state index in [9.17, 15) is 4.79 Å². The van der Waals surface area contributed by atoms with E-state index in [1.54, 1.807) is 35.8 Å². The lowest BCUT2D eigenvalue weighted by molar-refractivity contribution is 0.585. The van der Waals surface area contributed by atoms with Crippen molar-refractivity contribution >= 4 is 28.6 Å². The van der Waals surface area contributed by atoms with Gasteiger partial charge < -0.3 is 10.2 Å². The van der Waals surface area contributed by atoms with Gasteiger partial charge in [0.15, 0.2) is 11.5 Å². The van der Waals surface area contributed by atoms with Crippen LogP contribution < -0.4 is 15.9 Å². The van der Waals surface area contributed by atoms with Gasteiger partial charge in [-0.05, 0) is 42.8 Å². The molecule has 2 aromatic heterocycles. The fourth-order valence-corrected chi connectivity index (χ4v) is 3.59. The van der Waals surface area contributed by atoms with Gasteiger partial charge in [-0.25, -0.2) is 9.36 Å². The standard InChI is InChI=1S/C20H18ClN7O/c1-2-3-10-27-16-17(26-11-8-23-9-12-26)24-19(21)25-18(16)28(20(27)29)15-6-4-14(13-22)5-7-15/h4-7,23H,8-12H2,1H3. The molecule has 0 amide bonds. The minimum atomic E-state index is -0.277. The van der Waals surface area contributed by atoms with Crippen LogP contribution in [0.2, 0.25) is 5.28 Å². The zero-order chi connectivity index (χ0) is 20.4. The van der Waals surface area contributed by atoms with Crippen molar-refractivity contribution < 1.29 is 0 Å². The molecule has 146 valence electrons. The Hall–Kier alpha value is -3.33. The van der Waals surface area contributed by atoms with E-state index in [4.69, 9.17) is 16.9 Å². The maximum absolute atomic E-state index is 13.3. The Morgan fingerprint density at radius 3 is 2.59 bits per heavy atom. The first-order valence-corrected chi connectivity index (χ1v) is 9.56. The van der Waals surface area contributed by atoms with Crippen LogP contribution in [0.5, 0.6) is 0 Å². The Morgan fingerprint density at radius 1 is 1.21 bits per heavy atom. The second-order valence-corrected chi connectivity index (χ2v) is 6.85. The largest absolute Gasteiger partial charge is 0.352 e. The zero-order valence-corrected chi connectivity index (χ0v) is 16.6. The number of imidazole rings is 1.